The number of hydrogen-bond donors (Lipinski definition) is 1. The quantitative estimate of drug-likeness (QED) is 0.258. The molecule has 128 valence electrons. The van der Waals surface area contributed by atoms with Crippen molar-refractivity contribution in [1.29, 1.82) is 0 Å². The van der Waals surface area contributed by atoms with Crippen molar-refractivity contribution in [3.8, 4) is 5.75 Å². The van der Waals surface area contributed by atoms with Crippen LogP contribution in [0.1, 0.15) is 38.1 Å². The molecule has 0 aliphatic heterocycles. The first kappa shape index (κ1) is 19.5. The van der Waals surface area contributed by atoms with E-state index in [1.54, 1.807) is 31.4 Å². The van der Waals surface area contributed by atoms with E-state index in [1.807, 2.05) is 0 Å². The van der Waals surface area contributed by atoms with Gasteiger partial charge in [-0.05, 0) is 52.0 Å². The molecule has 0 atom stereocenters. The summed E-state index contributed by atoms with van der Waals surface area (Å²) in [6, 6.07) is 7.63. The van der Waals surface area contributed by atoms with E-state index < -0.39 is 0 Å². The molecule has 0 saturated heterocycles. The Bertz CT molecular complexity index is 519. The predicted molar refractivity (Wildman–Crippen MR) is 96.0 cm³/mol. The SMILES string of the molecule is COc1ccc(C(=O)/C(=N/O)SCCN(C(C)C)C(C)C)cc1. The van der Waals surface area contributed by atoms with Crippen LogP contribution in [0.15, 0.2) is 29.4 Å². The van der Waals surface area contributed by atoms with Crippen molar-refractivity contribution in [3.63, 3.8) is 0 Å². The molecule has 0 aromatic heterocycles. The number of hydrogen-bond acceptors (Lipinski definition) is 6. The minimum absolute atomic E-state index is 0.114. The number of carbonyl (C=O) groups excluding carboxylic acids is 1. The molecule has 0 saturated carbocycles. The molecule has 5 nitrogen and oxygen atoms in total. The molecule has 0 unspecified atom stereocenters. The maximum Gasteiger partial charge on any atom is 0.221 e. The van der Waals surface area contributed by atoms with E-state index in [2.05, 4.69) is 37.8 Å². The van der Waals surface area contributed by atoms with Gasteiger partial charge in [-0.2, -0.15) is 0 Å². The summed E-state index contributed by atoms with van der Waals surface area (Å²) in [5.74, 6) is 1.10. The Morgan fingerprint density at radius 1 is 1.22 bits per heavy atom. The van der Waals surface area contributed by atoms with Crippen molar-refractivity contribution in [1.82, 2.24) is 4.90 Å². The fourth-order valence-corrected chi connectivity index (χ4v) is 3.17. The van der Waals surface area contributed by atoms with Crippen LogP contribution in [0.25, 0.3) is 0 Å². The highest BCUT2D eigenvalue weighted by molar-refractivity contribution is 8.15. The van der Waals surface area contributed by atoms with Gasteiger partial charge in [0.1, 0.15) is 5.75 Å². The largest absolute Gasteiger partial charge is 0.497 e. The van der Waals surface area contributed by atoms with E-state index >= 15 is 0 Å². The zero-order valence-electron chi connectivity index (χ0n) is 14.4. The van der Waals surface area contributed by atoms with E-state index in [0.29, 0.717) is 29.1 Å². The molecule has 0 heterocycles. The van der Waals surface area contributed by atoms with Gasteiger partial charge in [-0.15, -0.1) is 0 Å². The Morgan fingerprint density at radius 2 is 1.78 bits per heavy atom. The van der Waals surface area contributed by atoms with Crippen LogP contribution in [0.4, 0.5) is 0 Å². The van der Waals surface area contributed by atoms with Gasteiger partial charge in [0.05, 0.1) is 7.11 Å². The number of benzene rings is 1. The summed E-state index contributed by atoms with van der Waals surface area (Å²) in [7, 11) is 1.57. The number of rotatable bonds is 8. The second-order valence-corrected chi connectivity index (χ2v) is 6.82. The first-order valence-electron chi connectivity index (χ1n) is 7.70. The van der Waals surface area contributed by atoms with Gasteiger partial charge in [-0.25, -0.2) is 0 Å². The second-order valence-electron chi connectivity index (χ2n) is 5.74. The highest BCUT2D eigenvalue weighted by Gasteiger charge is 2.18. The van der Waals surface area contributed by atoms with Gasteiger partial charge < -0.3 is 9.94 Å². The molecule has 1 rings (SSSR count). The lowest BCUT2D eigenvalue weighted by Gasteiger charge is -2.30. The van der Waals surface area contributed by atoms with Crippen molar-refractivity contribution >= 4 is 22.6 Å². The third kappa shape index (κ3) is 5.88. The summed E-state index contributed by atoms with van der Waals surface area (Å²) >= 11 is 1.28. The Balaban J connectivity index is 2.64. The Morgan fingerprint density at radius 3 is 2.22 bits per heavy atom. The van der Waals surface area contributed by atoms with Crippen molar-refractivity contribution in [2.24, 2.45) is 5.16 Å². The van der Waals surface area contributed by atoms with Gasteiger partial charge in [-0.3, -0.25) is 9.69 Å². The van der Waals surface area contributed by atoms with Crippen molar-refractivity contribution < 1.29 is 14.7 Å². The average molecular weight is 338 g/mol. The molecule has 1 aromatic rings. The Labute approximate surface area is 142 Å². The van der Waals surface area contributed by atoms with Gasteiger partial charge in [0.15, 0.2) is 5.04 Å². The third-order valence-electron chi connectivity index (χ3n) is 3.55. The number of ketones is 1. The highest BCUT2D eigenvalue weighted by Crippen LogP contribution is 2.16. The Hall–Kier alpha value is -1.53. The van der Waals surface area contributed by atoms with Crippen molar-refractivity contribution in [2.45, 2.75) is 39.8 Å². The van der Waals surface area contributed by atoms with Crippen LogP contribution in [0, 0.1) is 0 Å². The lowest BCUT2D eigenvalue weighted by atomic mass is 10.1. The van der Waals surface area contributed by atoms with Crippen LogP contribution in [0.3, 0.4) is 0 Å². The monoisotopic (exact) mass is 338 g/mol. The number of oxime groups is 1. The number of nitrogens with zero attached hydrogens (tertiary/aromatic N) is 2. The van der Waals surface area contributed by atoms with E-state index in [0.717, 1.165) is 6.54 Å². The van der Waals surface area contributed by atoms with Crippen LogP contribution >= 0.6 is 11.8 Å². The maximum atomic E-state index is 12.4. The summed E-state index contributed by atoms with van der Waals surface area (Å²) in [6.45, 7) is 9.42. The summed E-state index contributed by atoms with van der Waals surface area (Å²) in [5, 5.41) is 12.4. The fourth-order valence-electron chi connectivity index (χ4n) is 2.37. The molecule has 0 aliphatic carbocycles. The van der Waals surface area contributed by atoms with E-state index in [1.165, 1.54) is 11.8 Å². The summed E-state index contributed by atoms with van der Waals surface area (Å²) in [4.78, 5) is 14.7. The third-order valence-corrected chi connectivity index (χ3v) is 4.48. The molecule has 0 radical (unpaired) electrons. The maximum absolute atomic E-state index is 12.4. The van der Waals surface area contributed by atoms with Gasteiger partial charge in [0.2, 0.25) is 5.78 Å². The number of ether oxygens (including phenoxy) is 1. The van der Waals surface area contributed by atoms with Crippen LogP contribution in [0.5, 0.6) is 5.75 Å². The molecule has 23 heavy (non-hydrogen) atoms. The van der Waals surface area contributed by atoms with E-state index in [-0.39, 0.29) is 10.8 Å². The molecule has 1 aromatic carbocycles. The molecule has 0 bridgehead atoms. The van der Waals surface area contributed by atoms with Crippen molar-refractivity contribution in [3.05, 3.63) is 29.8 Å². The summed E-state index contributed by atoms with van der Waals surface area (Å²) in [6.07, 6.45) is 0. The van der Waals surface area contributed by atoms with Crippen molar-refractivity contribution in [2.75, 3.05) is 19.4 Å². The van der Waals surface area contributed by atoms with Crippen LogP contribution in [-0.2, 0) is 0 Å². The number of carbonyl (C=O) groups is 1. The normalized spacial score (nSPS) is 12.3. The minimum atomic E-state index is -0.277. The smallest absolute Gasteiger partial charge is 0.221 e. The van der Waals surface area contributed by atoms with Crippen LogP contribution in [-0.4, -0.2) is 52.4 Å². The van der Waals surface area contributed by atoms with E-state index in [9.17, 15) is 4.79 Å². The second kappa shape index (κ2) is 9.57. The zero-order valence-corrected chi connectivity index (χ0v) is 15.3. The molecule has 0 fully saturated rings. The fraction of sp³-hybridized carbons (Fsp3) is 0.529. The van der Waals surface area contributed by atoms with Gasteiger partial charge in [0.25, 0.3) is 0 Å². The van der Waals surface area contributed by atoms with Crippen LogP contribution < -0.4 is 4.74 Å². The minimum Gasteiger partial charge on any atom is -0.497 e. The molecule has 0 spiro atoms. The van der Waals surface area contributed by atoms with Gasteiger partial charge >= 0.3 is 0 Å². The van der Waals surface area contributed by atoms with E-state index in [4.69, 9.17) is 9.94 Å². The number of thioether (sulfide) groups is 1. The van der Waals surface area contributed by atoms with Crippen LogP contribution in [0.2, 0.25) is 0 Å². The number of methoxy groups -OCH3 is 1. The molecular weight excluding hydrogens is 312 g/mol. The first-order chi connectivity index (χ1) is 10.9. The lowest BCUT2D eigenvalue weighted by Crippen LogP contribution is -2.38. The molecule has 6 heteroatoms. The molecular formula is C17H26N2O3S. The zero-order chi connectivity index (χ0) is 17.4. The van der Waals surface area contributed by atoms with Gasteiger partial charge in [-0.1, -0.05) is 16.9 Å². The average Bonchev–Trinajstić information content (AvgIpc) is 2.53. The predicted octanol–water partition coefficient (Wildman–Crippen LogP) is 3.52. The van der Waals surface area contributed by atoms with Gasteiger partial charge in [0, 0.05) is 29.9 Å². The highest BCUT2D eigenvalue weighted by atomic mass is 32.2. The standard InChI is InChI=1S/C17H26N2O3S/c1-12(2)19(13(3)4)10-11-23-17(18-21)16(20)14-6-8-15(22-5)9-7-14/h6-9,12-13,21H,10-11H2,1-5H3/b18-17-. The Kier molecular flexibility index (Phi) is 8.12. The summed E-state index contributed by atoms with van der Waals surface area (Å²) < 4.78 is 5.07. The summed E-state index contributed by atoms with van der Waals surface area (Å²) in [5.41, 5.74) is 0.482. The molecule has 0 amide bonds. The molecule has 0 aliphatic rings. The number of Topliss-reactive ketones (excluding diaryl/α,β-unsaturated/α-hetero) is 1. The first-order valence-corrected chi connectivity index (χ1v) is 8.68. The topological polar surface area (TPSA) is 62.1 Å². The molecule has 1 N–H and O–H groups in total. The lowest BCUT2D eigenvalue weighted by molar-refractivity contribution is 0.106.